The molecule has 10 atom stereocenters. The molecular weight excluding hydrogens is 312 g/mol. The first kappa shape index (κ1) is 19.0. The smallest absolute Gasteiger partial charge is 0.111 e. The van der Waals surface area contributed by atoms with Gasteiger partial charge in [-0.25, -0.2) is 0 Å². The molecule has 2 rings (SSSR count). The van der Waals surface area contributed by atoms with E-state index in [4.69, 9.17) is 14.6 Å². The largest absolute Gasteiger partial charge is 0.394 e. The standard InChI is InChI=1S/C14H26O9/c1-5-9(16)13(20)10(17)6(22-5)2-3-7-11(18)14(21)12(19)8(4-15)23-7/h5-21H,2-4H2,1H3/t5-,6-,7?,8-,9+,10-,11+,12-,13-,14-/m1/s1. The van der Waals surface area contributed by atoms with Gasteiger partial charge in [0.2, 0.25) is 0 Å². The second-order valence-electron chi connectivity index (χ2n) is 6.30. The molecule has 9 nitrogen and oxygen atoms in total. The van der Waals surface area contributed by atoms with Crippen molar-refractivity contribution in [1.29, 1.82) is 0 Å². The summed E-state index contributed by atoms with van der Waals surface area (Å²) in [5.41, 5.74) is 0. The zero-order valence-electron chi connectivity index (χ0n) is 12.8. The van der Waals surface area contributed by atoms with Gasteiger partial charge in [-0.1, -0.05) is 0 Å². The Labute approximate surface area is 133 Å². The third kappa shape index (κ3) is 3.84. The van der Waals surface area contributed by atoms with E-state index in [2.05, 4.69) is 0 Å². The summed E-state index contributed by atoms with van der Waals surface area (Å²) in [7, 11) is 0. The van der Waals surface area contributed by atoms with Gasteiger partial charge >= 0.3 is 0 Å². The first-order valence-electron chi connectivity index (χ1n) is 7.78. The summed E-state index contributed by atoms with van der Waals surface area (Å²) in [5.74, 6) is 0. The minimum atomic E-state index is -1.45. The average molecular weight is 338 g/mol. The predicted molar refractivity (Wildman–Crippen MR) is 75.4 cm³/mol. The summed E-state index contributed by atoms with van der Waals surface area (Å²) >= 11 is 0. The highest BCUT2D eigenvalue weighted by Crippen LogP contribution is 2.28. The van der Waals surface area contributed by atoms with Crippen LogP contribution in [0.1, 0.15) is 19.8 Å². The summed E-state index contributed by atoms with van der Waals surface area (Å²) < 4.78 is 10.8. The van der Waals surface area contributed by atoms with Crippen LogP contribution < -0.4 is 0 Å². The highest BCUT2D eigenvalue weighted by molar-refractivity contribution is 4.94. The third-order valence-corrected chi connectivity index (χ3v) is 4.68. The predicted octanol–water partition coefficient (Wildman–Crippen LogP) is -3.52. The van der Waals surface area contributed by atoms with E-state index in [9.17, 15) is 30.6 Å². The molecule has 0 spiro atoms. The molecule has 0 aromatic carbocycles. The summed E-state index contributed by atoms with van der Waals surface area (Å²) in [5, 5.41) is 67.9. The summed E-state index contributed by atoms with van der Waals surface area (Å²) in [4.78, 5) is 0. The van der Waals surface area contributed by atoms with Crippen molar-refractivity contribution in [2.75, 3.05) is 6.61 Å². The monoisotopic (exact) mass is 338 g/mol. The molecule has 9 heteroatoms. The molecule has 2 heterocycles. The minimum Gasteiger partial charge on any atom is -0.394 e. The van der Waals surface area contributed by atoms with Crippen molar-refractivity contribution >= 4 is 0 Å². The van der Waals surface area contributed by atoms with E-state index in [0.717, 1.165) is 0 Å². The topological polar surface area (TPSA) is 160 Å². The molecular formula is C14H26O9. The average Bonchev–Trinajstić information content (AvgIpc) is 2.54. The second kappa shape index (κ2) is 7.68. The number of hydrogen-bond donors (Lipinski definition) is 7. The van der Waals surface area contributed by atoms with Crippen molar-refractivity contribution < 1.29 is 45.2 Å². The highest BCUT2D eigenvalue weighted by atomic mass is 16.5. The molecule has 136 valence electrons. The van der Waals surface area contributed by atoms with Crippen LogP contribution in [-0.4, -0.2) is 103 Å². The summed E-state index contributed by atoms with van der Waals surface area (Å²) in [6.07, 6.45) is -10.9. The summed E-state index contributed by atoms with van der Waals surface area (Å²) in [6, 6.07) is 0. The number of aliphatic hydroxyl groups is 7. The first-order valence-corrected chi connectivity index (χ1v) is 7.78. The van der Waals surface area contributed by atoms with Crippen LogP contribution in [0.15, 0.2) is 0 Å². The first-order chi connectivity index (χ1) is 10.8. The zero-order valence-corrected chi connectivity index (χ0v) is 12.8. The van der Waals surface area contributed by atoms with Crippen molar-refractivity contribution in [3.05, 3.63) is 0 Å². The van der Waals surface area contributed by atoms with Crippen LogP contribution in [0.5, 0.6) is 0 Å². The third-order valence-electron chi connectivity index (χ3n) is 4.68. The van der Waals surface area contributed by atoms with Crippen LogP contribution >= 0.6 is 0 Å². The fourth-order valence-corrected chi connectivity index (χ4v) is 3.12. The van der Waals surface area contributed by atoms with Crippen LogP contribution in [0.25, 0.3) is 0 Å². The Morgan fingerprint density at radius 1 is 0.609 bits per heavy atom. The Morgan fingerprint density at radius 2 is 1.04 bits per heavy atom. The van der Waals surface area contributed by atoms with Crippen molar-refractivity contribution in [2.24, 2.45) is 0 Å². The lowest BCUT2D eigenvalue weighted by atomic mass is 9.89. The Kier molecular flexibility index (Phi) is 6.34. The molecule has 23 heavy (non-hydrogen) atoms. The van der Waals surface area contributed by atoms with Gasteiger partial charge < -0.3 is 45.2 Å². The number of aliphatic hydroxyl groups excluding tert-OH is 7. The molecule has 0 aromatic rings. The normalized spacial score (nSPS) is 51.7. The molecule has 0 amide bonds. The Hall–Kier alpha value is -0.360. The highest BCUT2D eigenvalue weighted by Gasteiger charge is 2.45. The molecule has 2 aliphatic rings. The molecule has 0 aromatic heterocycles. The Bertz CT molecular complexity index is 379. The van der Waals surface area contributed by atoms with E-state index in [0.29, 0.717) is 0 Å². The van der Waals surface area contributed by atoms with Crippen LogP contribution in [-0.2, 0) is 9.47 Å². The number of hydrogen-bond acceptors (Lipinski definition) is 9. The van der Waals surface area contributed by atoms with Gasteiger partial charge in [0.05, 0.1) is 24.9 Å². The van der Waals surface area contributed by atoms with E-state index in [-0.39, 0.29) is 12.8 Å². The van der Waals surface area contributed by atoms with E-state index in [1.807, 2.05) is 0 Å². The molecule has 0 bridgehead atoms. The fourth-order valence-electron chi connectivity index (χ4n) is 3.12. The van der Waals surface area contributed by atoms with Gasteiger partial charge in [-0.05, 0) is 19.8 Å². The molecule has 1 unspecified atom stereocenters. The maximum Gasteiger partial charge on any atom is 0.111 e. The molecule has 2 saturated heterocycles. The molecule has 0 saturated carbocycles. The summed E-state index contributed by atoms with van der Waals surface area (Å²) in [6.45, 7) is 1.06. The second-order valence-corrected chi connectivity index (χ2v) is 6.30. The molecule has 0 radical (unpaired) electrons. The van der Waals surface area contributed by atoms with Gasteiger partial charge in [0.15, 0.2) is 0 Å². The van der Waals surface area contributed by atoms with Crippen molar-refractivity contribution in [3.8, 4) is 0 Å². The molecule has 2 fully saturated rings. The van der Waals surface area contributed by atoms with Crippen molar-refractivity contribution in [3.63, 3.8) is 0 Å². The Morgan fingerprint density at radius 3 is 1.57 bits per heavy atom. The lowest BCUT2D eigenvalue weighted by molar-refractivity contribution is -0.239. The van der Waals surface area contributed by atoms with E-state index >= 15 is 0 Å². The van der Waals surface area contributed by atoms with Crippen molar-refractivity contribution in [1.82, 2.24) is 0 Å². The zero-order chi connectivity index (χ0) is 17.3. The SMILES string of the molecule is C[C@H]1O[C@H](CCC2O[C@H](CO)[C@@H](O)[C@H](O)[C@H]2O)[C@@H](O)[C@H](O)[C@H]1O. The van der Waals surface area contributed by atoms with E-state index in [1.165, 1.54) is 0 Å². The van der Waals surface area contributed by atoms with E-state index < -0.39 is 67.6 Å². The van der Waals surface area contributed by atoms with Gasteiger partial charge in [0, 0.05) is 0 Å². The lowest BCUT2D eigenvalue weighted by Crippen LogP contribution is -2.59. The van der Waals surface area contributed by atoms with Gasteiger partial charge in [0.1, 0.15) is 42.7 Å². The number of ether oxygens (including phenoxy) is 2. The van der Waals surface area contributed by atoms with Crippen LogP contribution in [0.4, 0.5) is 0 Å². The fraction of sp³-hybridized carbons (Fsp3) is 1.00. The molecule has 0 aliphatic carbocycles. The Balaban J connectivity index is 1.94. The molecule has 2 aliphatic heterocycles. The van der Waals surface area contributed by atoms with Gasteiger partial charge in [0.25, 0.3) is 0 Å². The van der Waals surface area contributed by atoms with Gasteiger partial charge in [-0.15, -0.1) is 0 Å². The van der Waals surface area contributed by atoms with Crippen LogP contribution in [0, 0.1) is 0 Å². The quantitative estimate of drug-likeness (QED) is 0.276. The maximum absolute atomic E-state index is 9.95. The van der Waals surface area contributed by atoms with Crippen molar-refractivity contribution in [2.45, 2.75) is 80.8 Å². The molecule has 7 N–H and O–H groups in total. The minimum absolute atomic E-state index is 0.165. The van der Waals surface area contributed by atoms with Gasteiger partial charge in [-0.3, -0.25) is 0 Å². The van der Waals surface area contributed by atoms with E-state index in [1.54, 1.807) is 6.92 Å². The maximum atomic E-state index is 9.95. The number of rotatable bonds is 4. The van der Waals surface area contributed by atoms with Crippen LogP contribution in [0.3, 0.4) is 0 Å². The van der Waals surface area contributed by atoms with Crippen LogP contribution in [0.2, 0.25) is 0 Å². The lowest BCUT2D eigenvalue weighted by Gasteiger charge is -2.42. The van der Waals surface area contributed by atoms with Gasteiger partial charge in [-0.2, -0.15) is 0 Å².